The molecule has 7 N–H and O–H groups in total. The van der Waals surface area contributed by atoms with Gasteiger partial charge in [-0.05, 0) is 0 Å². The highest BCUT2D eigenvalue weighted by molar-refractivity contribution is 5.72. The Morgan fingerprint density at radius 2 is 1.69 bits per heavy atom. The Morgan fingerprint density at radius 3 is 2.00 bits per heavy atom. The highest BCUT2D eigenvalue weighted by Crippen LogP contribution is 2.03. The molecule has 0 amide bonds. The highest BCUT2D eigenvalue weighted by atomic mass is 16.4. The molecule has 4 atom stereocenters. The molecule has 0 aromatic heterocycles. The molecule has 7 nitrogen and oxygen atoms in total. The van der Waals surface area contributed by atoms with Crippen LogP contribution in [0.15, 0.2) is 0 Å². The number of aliphatic carboxylic acids is 1. The Labute approximate surface area is 74.0 Å². The van der Waals surface area contributed by atoms with Crippen LogP contribution >= 0.6 is 0 Å². The van der Waals surface area contributed by atoms with E-state index in [1.807, 2.05) is 0 Å². The minimum absolute atomic E-state index is 0.620. The monoisotopic (exact) mass is 195 g/mol. The van der Waals surface area contributed by atoms with Gasteiger partial charge in [-0.3, -0.25) is 0 Å². The summed E-state index contributed by atoms with van der Waals surface area (Å²) in [5.74, 6) is -1.67. The van der Waals surface area contributed by atoms with E-state index >= 15 is 0 Å². The first-order valence-electron chi connectivity index (χ1n) is 3.55. The standard InChI is InChI=1S/C6H13NO6/c7-2(1-8)3(9)4(10)5(11)6(12)13/h2-5,8-11H,1,7H2,(H,12,13). The smallest absolute Gasteiger partial charge is 0.335 e. The second-order valence-corrected chi connectivity index (χ2v) is 2.61. The van der Waals surface area contributed by atoms with Crippen molar-refractivity contribution in [1.29, 1.82) is 0 Å². The summed E-state index contributed by atoms with van der Waals surface area (Å²) in [6, 6.07) is -1.19. The SMILES string of the molecule is NC(CO)C(O)C(O)C(O)C(=O)O. The summed E-state index contributed by atoms with van der Waals surface area (Å²) in [7, 11) is 0. The first-order chi connectivity index (χ1) is 5.91. The lowest BCUT2D eigenvalue weighted by atomic mass is 10.0. The van der Waals surface area contributed by atoms with Crippen molar-refractivity contribution in [3.05, 3.63) is 0 Å². The summed E-state index contributed by atoms with van der Waals surface area (Å²) in [5.41, 5.74) is 5.09. The Kier molecular flexibility index (Phi) is 4.81. The zero-order chi connectivity index (χ0) is 10.6. The van der Waals surface area contributed by atoms with E-state index in [0.717, 1.165) is 0 Å². The van der Waals surface area contributed by atoms with Crippen LogP contribution in [0.1, 0.15) is 0 Å². The maximum absolute atomic E-state index is 10.1. The van der Waals surface area contributed by atoms with Crippen LogP contribution in [0.25, 0.3) is 0 Å². The van der Waals surface area contributed by atoms with E-state index in [1.165, 1.54) is 0 Å². The van der Waals surface area contributed by atoms with E-state index in [0.29, 0.717) is 0 Å². The maximum atomic E-state index is 10.1. The molecule has 0 aromatic rings. The molecule has 0 aliphatic heterocycles. The highest BCUT2D eigenvalue weighted by Gasteiger charge is 2.33. The lowest BCUT2D eigenvalue weighted by Crippen LogP contribution is -2.51. The average molecular weight is 195 g/mol. The second-order valence-electron chi connectivity index (χ2n) is 2.61. The number of carboxylic acids is 1. The fraction of sp³-hybridized carbons (Fsp3) is 0.833. The molecule has 0 bridgehead atoms. The third-order valence-electron chi connectivity index (χ3n) is 1.58. The van der Waals surface area contributed by atoms with Gasteiger partial charge in [-0.1, -0.05) is 0 Å². The Bertz CT molecular complexity index is 175. The van der Waals surface area contributed by atoms with Gasteiger partial charge in [-0.15, -0.1) is 0 Å². The molecular formula is C6H13NO6. The summed E-state index contributed by atoms with van der Waals surface area (Å²) in [6.07, 6.45) is -5.72. The van der Waals surface area contributed by atoms with Gasteiger partial charge in [-0.25, -0.2) is 4.79 Å². The van der Waals surface area contributed by atoms with Crippen molar-refractivity contribution in [2.75, 3.05) is 6.61 Å². The van der Waals surface area contributed by atoms with E-state index in [9.17, 15) is 4.79 Å². The number of hydrogen-bond donors (Lipinski definition) is 6. The fourth-order valence-electron chi connectivity index (χ4n) is 0.694. The Balaban J connectivity index is 4.24. The van der Waals surface area contributed by atoms with Crippen LogP contribution < -0.4 is 5.73 Å². The summed E-state index contributed by atoms with van der Waals surface area (Å²) < 4.78 is 0. The zero-order valence-corrected chi connectivity index (χ0v) is 6.74. The van der Waals surface area contributed by atoms with Gasteiger partial charge >= 0.3 is 5.97 Å². The number of aliphatic hydroxyl groups excluding tert-OH is 4. The predicted molar refractivity (Wildman–Crippen MR) is 40.7 cm³/mol. The molecule has 0 spiro atoms. The van der Waals surface area contributed by atoms with Crippen LogP contribution in [0, 0.1) is 0 Å². The number of hydrogen-bond acceptors (Lipinski definition) is 6. The lowest BCUT2D eigenvalue weighted by molar-refractivity contribution is -0.159. The summed E-state index contributed by atoms with van der Waals surface area (Å²) in [6.45, 7) is -0.620. The predicted octanol–water partition coefficient (Wildman–Crippen LogP) is -3.53. The topological polar surface area (TPSA) is 144 Å². The minimum Gasteiger partial charge on any atom is -0.479 e. The number of nitrogens with two attached hydrogens (primary N) is 1. The van der Waals surface area contributed by atoms with Crippen LogP contribution in [-0.4, -0.2) is 62.5 Å². The second kappa shape index (κ2) is 5.10. The molecule has 78 valence electrons. The van der Waals surface area contributed by atoms with Gasteiger partial charge in [0.25, 0.3) is 0 Å². The van der Waals surface area contributed by atoms with Gasteiger partial charge in [-0.2, -0.15) is 0 Å². The van der Waals surface area contributed by atoms with Crippen molar-refractivity contribution < 1.29 is 30.3 Å². The van der Waals surface area contributed by atoms with E-state index in [2.05, 4.69) is 0 Å². The molecule has 0 rings (SSSR count). The Morgan fingerprint density at radius 1 is 1.23 bits per heavy atom. The third-order valence-corrected chi connectivity index (χ3v) is 1.58. The quantitative estimate of drug-likeness (QED) is 0.266. The molecule has 0 fully saturated rings. The van der Waals surface area contributed by atoms with Gasteiger partial charge in [0, 0.05) is 0 Å². The number of carboxylic acid groups (broad SMARTS) is 1. The Hall–Kier alpha value is -0.730. The van der Waals surface area contributed by atoms with Crippen LogP contribution in [0.2, 0.25) is 0 Å². The number of carbonyl (C=O) groups is 1. The number of rotatable bonds is 5. The average Bonchev–Trinajstić information content (AvgIpc) is 2.12. The van der Waals surface area contributed by atoms with Crippen LogP contribution in [0.5, 0.6) is 0 Å². The van der Waals surface area contributed by atoms with Crippen molar-refractivity contribution in [2.24, 2.45) is 5.73 Å². The molecule has 7 heteroatoms. The molecule has 0 radical (unpaired) electrons. The molecular weight excluding hydrogens is 182 g/mol. The molecule has 4 unspecified atom stereocenters. The molecule has 0 saturated heterocycles. The molecule has 0 heterocycles. The summed E-state index contributed by atoms with van der Waals surface area (Å²) >= 11 is 0. The minimum atomic E-state index is -2.12. The van der Waals surface area contributed by atoms with Crippen molar-refractivity contribution in [2.45, 2.75) is 24.4 Å². The van der Waals surface area contributed by atoms with Crippen molar-refractivity contribution in [1.82, 2.24) is 0 Å². The van der Waals surface area contributed by atoms with Crippen LogP contribution in [-0.2, 0) is 4.79 Å². The van der Waals surface area contributed by atoms with E-state index in [-0.39, 0.29) is 0 Å². The van der Waals surface area contributed by atoms with Crippen LogP contribution in [0.4, 0.5) is 0 Å². The van der Waals surface area contributed by atoms with E-state index in [1.54, 1.807) is 0 Å². The van der Waals surface area contributed by atoms with Gasteiger partial charge in [0.05, 0.1) is 12.6 Å². The summed E-state index contributed by atoms with van der Waals surface area (Å²) in [4.78, 5) is 10.1. The van der Waals surface area contributed by atoms with Gasteiger partial charge in [0.2, 0.25) is 0 Å². The van der Waals surface area contributed by atoms with Crippen molar-refractivity contribution >= 4 is 5.97 Å². The zero-order valence-electron chi connectivity index (χ0n) is 6.74. The normalized spacial score (nSPS) is 20.4. The van der Waals surface area contributed by atoms with E-state index in [4.69, 9.17) is 31.3 Å². The molecule has 13 heavy (non-hydrogen) atoms. The van der Waals surface area contributed by atoms with Gasteiger partial charge in [0.15, 0.2) is 6.10 Å². The molecule has 0 aromatic carbocycles. The van der Waals surface area contributed by atoms with E-state index < -0.39 is 36.9 Å². The van der Waals surface area contributed by atoms with Crippen LogP contribution in [0.3, 0.4) is 0 Å². The van der Waals surface area contributed by atoms with Crippen molar-refractivity contribution in [3.8, 4) is 0 Å². The molecule has 0 aliphatic carbocycles. The van der Waals surface area contributed by atoms with Gasteiger partial charge in [0.1, 0.15) is 12.2 Å². The number of aliphatic hydroxyl groups is 4. The van der Waals surface area contributed by atoms with Gasteiger partial charge < -0.3 is 31.3 Å². The molecule has 0 aliphatic rings. The maximum Gasteiger partial charge on any atom is 0.335 e. The summed E-state index contributed by atoms with van der Waals surface area (Å²) in [5, 5.41) is 43.5. The third kappa shape index (κ3) is 3.25. The fourth-order valence-corrected chi connectivity index (χ4v) is 0.694. The first-order valence-corrected chi connectivity index (χ1v) is 3.55. The molecule has 0 saturated carbocycles. The first kappa shape index (κ1) is 12.3. The largest absolute Gasteiger partial charge is 0.479 e. The lowest BCUT2D eigenvalue weighted by Gasteiger charge is -2.23. The van der Waals surface area contributed by atoms with Crippen molar-refractivity contribution in [3.63, 3.8) is 0 Å².